The molecule has 0 bridgehead atoms. The number of hydrogen-bond acceptors (Lipinski definition) is 12. The number of Topliss-reactive ketones (excluding diaryl/α,β-unsaturated/α-hetero) is 1. The molecule has 0 spiro atoms. The molecule has 7 rings (SSSR count). The van der Waals surface area contributed by atoms with Gasteiger partial charge in [-0.2, -0.15) is 0 Å². The number of fused-ring (bicyclic) bond motifs is 7. The number of rotatable bonds is 15. The fourth-order valence-corrected chi connectivity index (χ4v) is 12.2. The van der Waals surface area contributed by atoms with Crippen molar-refractivity contribution >= 4 is 68.2 Å². The number of nitrogens with one attached hydrogen (secondary N) is 3. The van der Waals surface area contributed by atoms with Gasteiger partial charge in [0.15, 0.2) is 23.5 Å². The Kier molecular flexibility index (Phi) is 12.6. The third-order valence-corrected chi connectivity index (χ3v) is 15.0. The van der Waals surface area contributed by atoms with Crippen LogP contribution in [0.1, 0.15) is 74.7 Å². The highest BCUT2D eigenvalue weighted by molar-refractivity contribution is 9.09. The summed E-state index contributed by atoms with van der Waals surface area (Å²) in [5.74, 6) is -3.08. The number of aliphatic hydroxyl groups excluding tert-OH is 2. The van der Waals surface area contributed by atoms with Crippen LogP contribution in [-0.2, 0) is 44.7 Å². The van der Waals surface area contributed by atoms with E-state index in [-0.39, 0.29) is 54.7 Å². The molecule has 5 aliphatic rings. The predicted molar refractivity (Wildman–Crippen MR) is 221 cm³/mol. The summed E-state index contributed by atoms with van der Waals surface area (Å²) >= 11 is 4.39. The molecule has 2 aromatic rings. The number of carbonyl (C=O) groups is 6. The van der Waals surface area contributed by atoms with Crippen LogP contribution in [0.25, 0.3) is 0 Å². The van der Waals surface area contributed by atoms with Gasteiger partial charge in [0, 0.05) is 40.7 Å². The van der Waals surface area contributed by atoms with Crippen LogP contribution in [0.2, 0.25) is 0 Å². The van der Waals surface area contributed by atoms with E-state index in [1.54, 1.807) is 30.4 Å². The SMILES string of the molecule is COc1c([C@@H]2O[C@@H]3C[C@H]4[C@@H]5CCC6=CC(=O)C=C[C@]6(C)[C@H]5[C@@H](O)C[C@]4(C)[C@]3(C(=O)CO)O2)csc1Cc1cccc(NC(=O)[C@H](CCC(=O)O)NC(=O)CNC(=O)CBr)c1. The molecule has 1 aromatic carbocycles. The molecule has 322 valence electrons. The zero-order valence-corrected chi connectivity index (χ0v) is 35.9. The third-order valence-electron chi connectivity index (χ3n) is 13.5. The number of ether oxygens (including phenoxy) is 3. The molecule has 0 radical (unpaired) electrons. The van der Waals surface area contributed by atoms with Crippen molar-refractivity contribution in [3.63, 3.8) is 0 Å². The Hall–Kier alpha value is -4.26. The van der Waals surface area contributed by atoms with Crippen molar-refractivity contribution in [2.75, 3.05) is 30.9 Å². The first kappa shape index (κ1) is 43.8. The third kappa shape index (κ3) is 7.77. The van der Waals surface area contributed by atoms with Crippen molar-refractivity contribution in [2.24, 2.45) is 28.6 Å². The minimum atomic E-state index is -1.53. The van der Waals surface area contributed by atoms with Gasteiger partial charge in [-0.15, -0.1) is 11.3 Å². The molecule has 60 heavy (non-hydrogen) atoms. The van der Waals surface area contributed by atoms with Gasteiger partial charge in [-0.1, -0.05) is 53.6 Å². The van der Waals surface area contributed by atoms with Gasteiger partial charge in [-0.05, 0) is 73.8 Å². The van der Waals surface area contributed by atoms with Crippen molar-refractivity contribution in [3.8, 4) is 5.75 Å². The molecule has 0 unspecified atom stereocenters. The Labute approximate surface area is 359 Å². The van der Waals surface area contributed by atoms with Crippen molar-refractivity contribution in [1.82, 2.24) is 10.6 Å². The lowest BCUT2D eigenvalue weighted by Crippen LogP contribution is -2.63. The number of allylic oxidation sites excluding steroid dienone is 4. The lowest BCUT2D eigenvalue weighted by Gasteiger charge is -2.59. The van der Waals surface area contributed by atoms with Gasteiger partial charge in [0.25, 0.3) is 0 Å². The van der Waals surface area contributed by atoms with Crippen LogP contribution in [0.5, 0.6) is 5.75 Å². The van der Waals surface area contributed by atoms with E-state index in [1.807, 2.05) is 24.4 Å². The topological polar surface area (TPSA) is 227 Å². The molecule has 4 fully saturated rings. The number of carbonyl (C=O) groups excluding carboxylic acids is 5. The molecule has 3 saturated carbocycles. The second-order valence-corrected chi connectivity index (χ2v) is 18.3. The number of benzene rings is 1. The van der Waals surface area contributed by atoms with Crippen LogP contribution >= 0.6 is 27.3 Å². The van der Waals surface area contributed by atoms with Crippen LogP contribution in [0.4, 0.5) is 5.69 Å². The number of thiophene rings is 1. The van der Waals surface area contributed by atoms with Crippen molar-refractivity contribution < 1.29 is 58.3 Å². The van der Waals surface area contributed by atoms with E-state index in [1.165, 1.54) is 18.4 Å². The first-order valence-electron chi connectivity index (χ1n) is 20.1. The molecule has 15 nitrogen and oxygen atoms in total. The van der Waals surface area contributed by atoms with Crippen molar-refractivity contribution in [1.29, 1.82) is 0 Å². The highest BCUT2D eigenvalue weighted by atomic mass is 79.9. The monoisotopic (exact) mass is 911 g/mol. The molecule has 3 amide bonds. The van der Waals surface area contributed by atoms with Gasteiger partial charge >= 0.3 is 5.97 Å². The van der Waals surface area contributed by atoms with Crippen molar-refractivity contribution in [2.45, 2.75) is 88.9 Å². The van der Waals surface area contributed by atoms with Gasteiger partial charge in [-0.25, -0.2) is 0 Å². The number of aliphatic carboxylic acids is 1. The number of amides is 3. The lowest BCUT2D eigenvalue weighted by atomic mass is 9.46. The minimum absolute atomic E-state index is 0.0107. The minimum Gasteiger partial charge on any atom is -0.495 e. The lowest BCUT2D eigenvalue weighted by molar-refractivity contribution is -0.201. The van der Waals surface area contributed by atoms with Crippen LogP contribution in [0.3, 0.4) is 0 Å². The summed E-state index contributed by atoms with van der Waals surface area (Å²) < 4.78 is 19.4. The number of methoxy groups -OCH3 is 1. The molecular formula is C43H50BrN3O12S. The normalized spacial score (nSPS) is 31.8. The second-order valence-electron chi connectivity index (χ2n) is 16.8. The van der Waals surface area contributed by atoms with Gasteiger partial charge < -0.3 is 45.5 Å². The first-order valence-corrected chi connectivity index (χ1v) is 22.1. The molecule has 1 aliphatic heterocycles. The van der Waals surface area contributed by atoms with E-state index in [0.717, 1.165) is 22.4 Å². The zero-order valence-electron chi connectivity index (χ0n) is 33.5. The molecule has 17 heteroatoms. The van der Waals surface area contributed by atoms with Gasteiger partial charge in [-0.3, -0.25) is 28.8 Å². The Morgan fingerprint density at radius 2 is 1.93 bits per heavy atom. The molecule has 1 saturated heterocycles. The van der Waals surface area contributed by atoms with Crippen LogP contribution in [0, 0.1) is 28.6 Å². The fraction of sp³-hybridized carbons (Fsp3) is 0.535. The van der Waals surface area contributed by atoms with E-state index in [4.69, 9.17) is 14.2 Å². The first-order chi connectivity index (χ1) is 28.6. The van der Waals surface area contributed by atoms with E-state index in [2.05, 4.69) is 38.8 Å². The Morgan fingerprint density at radius 3 is 2.65 bits per heavy atom. The Balaban J connectivity index is 1.08. The van der Waals surface area contributed by atoms with Gasteiger partial charge in [0.2, 0.25) is 17.7 Å². The van der Waals surface area contributed by atoms with Crippen molar-refractivity contribution in [3.05, 3.63) is 69.5 Å². The molecule has 1 aromatic heterocycles. The van der Waals surface area contributed by atoms with Crippen LogP contribution in [-0.4, -0.2) is 100 Å². The molecule has 2 heterocycles. The number of ketones is 2. The maximum atomic E-state index is 14.1. The number of anilines is 1. The van der Waals surface area contributed by atoms with E-state index in [9.17, 15) is 44.1 Å². The smallest absolute Gasteiger partial charge is 0.303 e. The summed E-state index contributed by atoms with van der Waals surface area (Å²) in [6.45, 7) is 2.93. The predicted octanol–water partition coefficient (Wildman–Crippen LogP) is 3.75. The second kappa shape index (κ2) is 17.2. The Bertz CT molecular complexity index is 2140. The maximum Gasteiger partial charge on any atom is 0.303 e. The van der Waals surface area contributed by atoms with E-state index < -0.39 is 77.1 Å². The summed E-state index contributed by atoms with van der Waals surface area (Å²) in [5.41, 5.74) is -0.0815. The highest BCUT2D eigenvalue weighted by Gasteiger charge is 2.76. The van der Waals surface area contributed by atoms with Gasteiger partial charge in [0.05, 0.1) is 41.6 Å². The van der Waals surface area contributed by atoms with Crippen LogP contribution in [0.15, 0.2) is 53.4 Å². The fourth-order valence-electron chi connectivity index (χ4n) is 10.9. The number of aliphatic hydroxyl groups is 2. The average Bonchev–Trinajstić information content (AvgIpc) is 3.87. The highest BCUT2D eigenvalue weighted by Crippen LogP contribution is 2.70. The summed E-state index contributed by atoms with van der Waals surface area (Å²) in [6, 6.07) is 5.84. The largest absolute Gasteiger partial charge is 0.495 e. The standard InChI is InChI=1S/C43H50BrN3O12S/c1-41-12-11-25(49)15-23(41)7-8-26-28-16-33-43(32(51)20-48,42(28,2)17-30(50)37(26)41)59-40(58-33)27-21-60-31(38(27)57-3)14-22-5-4-6-24(13-22)46-39(56)29(9-10-36(54)55)47-35(53)19-45-34(52)18-44/h4-6,11-13,15,21,26,28-30,33,37,40,48,50H,7-10,14,16-20H2,1-3H3,(H,45,52)(H,46,56)(H,47,53)(H,54,55)/t26-,28-,29-,30-,33+,37+,40+,41-,42-,43+/m0/s1. The summed E-state index contributed by atoms with van der Waals surface area (Å²) in [6.07, 6.45) is 4.76. The Morgan fingerprint density at radius 1 is 1.15 bits per heavy atom. The summed E-state index contributed by atoms with van der Waals surface area (Å²) in [4.78, 5) is 75.8. The summed E-state index contributed by atoms with van der Waals surface area (Å²) in [7, 11) is 1.53. The zero-order chi connectivity index (χ0) is 43.1. The maximum absolute atomic E-state index is 14.1. The van der Waals surface area contributed by atoms with E-state index >= 15 is 0 Å². The number of halogens is 1. The van der Waals surface area contributed by atoms with E-state index in [0.29, 0.717) is 36.3 Å². The van der Waals surface area contributed by atoms with Gasteiger partial charge in [0.1, 0.15) is 18.4 Å². The summed E-state index contributed by atoms with van der Waals surface area (Å²) in [5, 5.41) is 41.1. The number of hydrogen-bond donors (Lipinski definition) is 6. The van der Waals surface area contributed by atoms with Crippen LogP contribution < -0.4 is 20.7 Å². The molecule has 10 atom stereocenters. The number of alkyl halides is 1. The average molecular weight is 913 g/mol. The molecule has 4 aliphatic carbocycles. The quantitative estimate of drug-likeness (QED) is 0.141. The number of carboxylic acid groups (broad SMARTS) is 1. The molecule has 6 N–H and O–H groups in total. The molecular weight excluding hydrogens is 862 g/mol. The number of carboxylic acids is 1.